The number of ether oxygens (including phenoxy) is 2. The molecule has 0 spiro atoms. The molecular formula is C15H19BrN2O2S. The Morgan fingerprint density at radius 1 is 1.33 bits per heavy atom. The van der Waals surface area contributed by atoms with E-state index in [0.29, 0.717) is 13.2 Å². The van der Waals surface area contributed by atoms with E-state index in [9.17, 15) is 0 Å². The Morgan fingerprint density at radius 2 is 2.14 bits per heavy atom. The molecule has 1 aromatic carbocycles. The van der Waals surface area contributed by atoms with E-state index in [4.69, 9.17) is 9.47 Å². The lowest BCUT2D eigenvalue weighted by Crippen LogP contribution is -2.07. The molecule has 0 fully saturated rings. The third kappa shape index (κ3) is 4.43. The van der Waals surface area contributed by atoms with Crippen LogP contribution in [0.4, 0.5) is 0 Å². The Morgan fingerprint density at radius 3 is 2.76 bits per heavy atom. The summed E-state index contributed by atoms with van der Waals surface area (Å²) < 4.78 is 12.5. The summed E-state index contributed by atoms with van der Waals surface area (Å²) >= 11 is 5.19. The van der Waals surface area contributed by atoms with Gasteiger partial charge in [0.25, 0.3) is 0 Å². The highest BCUT2D eigenvalue weighted by molar-refractivity contribution is 9.10. The number of thiazole rings is 1. The van der Waals surface area contributed by atoms with Crippen LogP contribution >= 0.6 is 27.3 Å². The van der Waals surface area contributed by atoms with Gasteiger partial charge in [-0.15, -0.1) is 11.3 Å². The number of rotatable bonds is 7. The summed E-state index contributed by atoms with van der Waals surface area (Å²) in [6.07, 6.45) is 0. The van der Waals surface area contributed by atoms with Gasteiger partial charge >= 0.3 is 0 Å². The van der Waals surface area contributed by atoms with Gasteiger partial charge in [0.2, 0.25) is 0 Å². The van der Waals surface area contributed by atoms with Crippen LogP contribution in [-0.2, 0) is 13.2 Å². The summed E-state index contributed by atoms with van der Waals surface area (Å²) in [4.78, 5) is 4.41. The number of aryl methyl sites for hydroxylation is 1. The summed E-state index contributed by atoms with van der Waals surface area (Å²) in [5.41, 5.74) is 2.08. The molecule has 0 amide bonds. The summed E-state index contributed by atoms with van der Waals surface area (Å²) in [6, 6.07) is 4.05. The third-order valence-electron chi connectivity index (χ3n) is 2.78. The zero-order valence-electron chi connectivity index (χ0n) is 12.4. The number of benzene rings is 1. The molecule has 21 heavy (non-hydrogen) atoms. The fourth-order valence-electron chi connectivity index (χ4n) is 1.95. The van der Waals surface area contributed by atoms with Gasteiger partial charge in [0, 0.05) is 11.9 Å². The van der Waals surface area contributed by atoms with Crippen LogP contribution in [0.5, 0.6) is 11.5 Å². The Labute approximate surface area is 137 Å². The second-order valence-electron chi connectivity index (χ2n) is 4.51. The van der Waals surface area contributed by atoms with E-state index in [0.717, 1.165) is 38.8 Å². The van der Waals surface area contributed by atoms with Gasteiger partial charge in [-0.3, -0.25) is 0 Å². The Hall–Kier alpha value is -1.11. The highest BCUT2D eigenvalue weighted by Crippen LogP contribution is 2.37. The molecule has 2 rings (SSSR count). The lowest BCUT2D eigenvalue weighted by Gasteiger charge is -2.15. The average Bonchev–Trinajstić information content (AvgIpc) is 2.84. The molecule has 2 aromatic rings. The molecule has 0 radical (unpaired) electrons. The van der Waals surface area contributed by atoms with Gasteiger partial charge in [-0.1, -0.05) is 0 Å². The van der Waals surface area contributed by atoms with Crippen molar-refractivity contribution in [2.45, 2.75) is 27.0 Å². The molecule has 0 saturated carbocycles. The van der Waals surface area contributed by atoms with Crippen molar-refractivity contribution in [2.75, 3.05) is 13.7 Å². The highest BCUT2D eigenvalue weighted by atomic mass is 79.9. The van der Waals surface area contributed by atoms with Gasteiger partial charge < -0.3 is 14.8 Å². The molecule has 4 nitrogen and oxygen atoms in total. The number of hydrogen-bond acceptors (Lipinski definition) is 5. The molecular weight excluding hydrogens is 352 g/mol. The number of aromatic nitrogens is 1. The van der Waals surface area contributed by atoms with Crippen molar-refractivity contribution < 1.29 is 9.47 Å². The molecule has 0 unspecified atom stereocenters. The Balaban J connectivity index is 2.19. The topological polar surface area (TPSA) is 43.4 Å². The minimum Gasteiger partial charge on any atom is -0.490 e. The van der Waals surface area contributed by atoms with E-state index >= 15 is 0 Å². The average molecular weight is 371 g/mol. The molecule has 1 aromatic heterocycles. The molecule has 1 N–H and O–H groups in total. The van der Waals surface area contributed by atoms with Gasteiger partial charge in [0.15, 0.2) is 11.5 Å². The maximum absolute atomic E-state index is 5.90. The van der Waals surface area contributed by atoms with E-state index in [2.05, 4.69) is 26.2 Å². The van der Waals surface area contributed by atoms with Crippen molar-refractivity contribution in [3.05, 3.63) is 38.3 Å². The smallest absolute Gasteiger partial charge is 0.175 e. The Bertz CT molecular complexity index is 601. The molecule has 0 saturated heterocycles. The van der Waals surface area contributed by atoms with Crippen molar-refractivity contribution in [3.8, 4) is 11.5 Å². The molecule has 0 bridgehead atoms. The minimum absolute atomic E-state index is 0.439. The first-order chi connectivity index (χ1) is 10.1. The molecule has 6 heteroatoms. The lowest BCUT2D eigenvalue weighted by molar-refractivity contribution is 0.265. The molecule has 0 aliphatic heterocycles. The van der Waals surface area contributed by atoms with Crippen LogP contribution in [0.1, 0.15) is 23.2 Å². The summed E-state index contributed by atoms with van der Waals surface area (Å²) in [5.74, 6) is 1.48. The van der Waals surface area contributed by atoms with Gasteiger partial charge in [-0.05, 0) is 54.5 Å². The monoisotopic (exact) mass is 370 g/mol. The van der Waals surface area contributed by atoms with Crippen molar-refractivity contribution >= 4 is 27.3 Å². The first-order valence-electron chi connectivity index (χ1n) is 6.77. The number of hydrogen-bond donors (Lipinski definition) is 1. The first kappa shape index (κ1) is 16.3. The summed E-state index contributed by atoms with van der Waals surface area (Å²) in [7, 11) is 1.92. The summed E-state index contributed by atoms with van der Waals surface area (Å²) in [6.45, 7) is 5.77. The standard InChI is InChI=1S/C15H19BrN2O2S/c1-4-19-14-6-11(7-17-3)5-13(16)15(14)20-8-12-9-21-10(2)18-12/h5-6,9,17H,4,7-8H2,1-3H3. The highest BCUT2D eigenvalue weighted by Gasteiger charge is 2.13. The molecule has 114 valence electrons. The molecule has 0 aliphatic rings. The number of halogens is 1. The third-order valence-corrected chi connectivity index (χ3v) is 4.19. The maximum atomic E-state index is 5.90. The predicted molar refractivity (Wildman–Crippen MR) is 89.3 cm³/mol. The summed E-state index contributed by atoms with van der Waals surface area (Å²) in [5, 5.41) is 6.19. The Kier molecular flexibility index (Phi) is 6.02. The first-order valence-corrected chi connectivity index (χ1v) is 8.45. The van der Waals surface area contributed by atoms with Gasteiger partial charge in [0.05, 0.1) is 21.8 Å². The molecule has 0 atom stereocenters. The van der Waals surface area contributed by atoms with Crippen LogP contribution in [-0.4, -0.2) is 18.6 Å². The largest absolute Gasteiger partial charge is 0.490 e. The minimum atomic E-state index is 0.439. The van der Waals surface area contributed by atoms with Crippen LogP contribution in [0, 0.1) is 6.92 Å². The van der Waals surface area contributed by atoms with Crippen molar-refractivity contribution in [1.82, 2.24) is 10.3 Å². The second kappa shape index (κ2) is 7.77. The molecule has 0 aliphatic carbocycles. The lowest BCUT2D eigenvalue weighted by atomic mass is 10.2. The normalized spacial score (nSPS) is 10.7. The number of nitrogens with zero attached hydrogens (tertiary/aromatic N) is 1. The van der Waals surface area contributed by atoms with Gasteiger partial charge in [0.1, 0.15) is 6.61 Å². The van der Waals surface area contributed by atoms with E-state index in [-0.39, 0.29) is 0 Å². The van der Waals surface area contributed by atoms with Gasteiger partial charge in [-0.2, -0.15) is 0 Å². The van der Waals surface area contributed by atoms with E-state index in [1.54, 1.807) is 11.3 Å². The molecule has 1 heterocycles. The van der Waals surface area contributed by atoms with Crippen LogP contribution in [0.25, 0.3) is 0 Å². The van der Waals surface area contributed by atoms with Crippen LogP contribution in [0.2, 0.25) is 0 Å². The van der Waals surface area contributed by atoms with Crippen LogP contribution in [0.15, 0.2) is 22.0 Å². The van der Waals surface area contributed by atoms with Crippen molar-refractivity contribution in [1.29, 1.82) is 0 Å². The second-order valence-corrected chi connectivity index (χ2v) is 6.43. The van der Waals surface area contributed by atoms with Crippen LogP contribution in [0.3, 0.4) is 0 Å². The fourth-order valence-corrected chi connectivity index (χ4v) is 3.15. The number of nitrogens with one attached hydrogen (secondary N) is 1. The van der Waals surface area contributed by atoms with Crippen LogP contribution < -0.4 is 14.8 Å². The van der Waals surface area contributed by atoms with Crippen molar-refractivity contribution in [3.63, 3.8) is 0 Å². The fraction of sp³-hybridized carbons (Fsp3) is 0.400. The van der Waals surface area contributed by atoms with E-state index in [1.807, 2.05) is 38.4 Å². The van der Waals surface area contributed by atoms with Crippen molar-refractivity contribution in [2.24, 2.45) is 0 Å². The SMILES string of the molecule is CCOc1cc(CNC)cc(Br)c1OCc1csc(C)n1. The zero-order chi connectivity index (χ0) is 15.2. The quantitative estimate of drug-likeness (QED) is 0.802. The zero-order valence-corrected chi connectivity index (χ0v) is 14.8. The predicted octanol–water partition coefficient (Wildman–Crippen LogP) is 3.91. The van der Waals surface area contributed by atoms with E-state index in [1.165, 1.54) is 0 Å². The van der Waals surface area contributed by atoms with E-state index < -0.39 is 0 Å². The van der Waals surface area contributed by atoms with Gasteiger partial charge in [-0.25, -0.2) is 4.98 Å². The maximum Gasteiger partial charge on any atom is 0.175 e.